The van der Waals surface area contributed by atoms with E-state index in [9.17, 15) is 18.0 Å². The summed E-state index contributed by atoms with van der Waals surface area (Å²) in [4.78, 5) is 19.4. The fraction of sp³-hybridized carbons (Fsp3) is 0.300. The van der Waals surface area contributed by atoms with Gasteiger partial charge in [0.05, 0.1) is 30.6 Å². The van der Waals surface area contributed by atoms with Crippen LogP contribution in [0.1, 0.15) is 30.7 Å². The fourth-order valence-electron chi connectivity index (χ4n) is 3.38. The molecule has 0 aliphatic carbocycles. The van der Waals surface area contributed by atoms with Crippen LogP contribution in [0.25, 0.3) is 0 Å². The number of hydrogen-bond acceptors (Lipinski definition) is 5. The lowest BCUT2D eigenvalue weighted by Gasteiger charge is -2.30. The molecular formula is C20H16F4N4O2S. The van der Waals surface area contributed by atoms with Gasteiger partial charge in [0.15, 0.2) is 10.9 Å². The van der Waals surface area contributed by atoms with Crippen molar-refractivity contribution in [3.05, 3.63) is 47.0 Å². The average Bonchev–Trinajstić information content (AvgIpc) is 2.85. The molecule has 0 radical (unpaired) electrons. The molecule has 3 rings (SSSR count). The van der Waals surface area contributed by atoms with E-state index in [1.54, 1.807) is 13.0 Å². The molecule has 0 spiro atoms. The predicted molar refractivity (Wildman–Crippen MR) is 108 cm³/mol. The van der Waals surface area contributed by atoms with E-state index in [2.05, 4.69) is 4.98 Å². The summed E-state index contributed by atoms with van der Waals surface area (Å²) in [5.41, 5.74) is -3.82. The SMILES string of the molecule is COc1cc(C)ncc1N1C(=S)N(c2ccc(C#N)c(C(F)(F)F)c2F)C(=O)C1(C)C. The van der Waals surface area contributed by atoms with Gasteiger partial charge in [-0.1, -0.05) is 0 Å². The molecule has 0 unspecified atom stereocenters. The normalized spacial score (nSPS) is 16.0. The highest BCUT2D eigenvalue weighted by molar-refractivity contribution is 7.81. The minimum atomic E-state index is -5.14. The van der Waals surface area contributed by atoms with Gasteiger partial charge in [0, 0.05) is 11.8 Å². The molecule has 6 nitrogen and oxygen atoms in total. The zero-order chi connectivity index (χ0) is 23.3. The molecule has 0 atom stereocenters. The van der Waals surface area contributed by atoms with Crippen molar-refractivity contribution in [2.45, 2.75) is 32.5 Å². The number of alkyl halides is 3. The van der Waals surface area contributed by atoms with Gasteiger partial charge in [0.2, 0.25) is 0 Å². The maximum Gasteiger partial charge on any atom is 0.420 e. The molecule has 0 saturated carbocycles. The van der Waals surface area contributed by atoms with Crippen molar-refractivity contribution in [2.24, 2.45) is 0 Å². The molecule has 11 heteroatoms. The Bertz CT molecular complexity index is 1140. The van der Waals surface area contributed by atoms with Gasteiger partial charge in [0.1, 0.15) is 22.5 Å². The lowest BCUT2D eigenvalue weighted by molar-refractivity contribution is -0.140. The number of hydrogen-bond donors (Lipinski definition) is 0. The van der Waals surface area contributed by atoms with Gasteiger partial charge in [-0.05, 0) is 45.1 Å². The first-order chi connectivity index (χ1) is 14.4. The van der Waals surface area contributed by atoms with E-state index in [1.807, 2.05) is 0 Å². The number of carbonyl (C=O) groups is 1. The van der Waals surface area contributed by atoms with Crippen LogP contribution in [0.15, 0.2) is 24.4 Å². The Balaban J connectivity index is 2.21. The molecule has 31 heavy (non-hydrogen) atoms. The molecule has 0 N–H and O–H groups in total. The summed E-state index contributed by atoms with van der Waals surface area (Å²) in [6.07, 6.45) is -3.73. The van der Waals surface area contributed by atoms with E-state index >= 15 is 4.39 Å². The summed E-state index contributed by atoms with van der Waals surface area (Å²) in [5, 5.41) is 8.71. The molecule has 162 valence electrons. The molecule has 2 aromatic rings. The number of aromatic nitrogens is 1. The number of methoxy groups -OCH3 is 1. The second kappa shape index (κ2) is 7.46. The van der Waals surface area contributed by atoms with Crippen LogP contribution in [0.4, 0.5) is 28.9 Å². The van der Waals surface area contributed by atoms with Crippen molar-refractivity contribution in [3.8, 4) is 11.8 Å². The van der Waals surface area contributed by atoms with Crippen molar-refractivity contribution in [3.63, 3.8) is 0 Å². The van der Waals surface area contributed by atoms with Crippen LogP contribution in [-0.2, 0) is 11.0 Å². The van der Waals surface area contributed by atoms with Crippen molar-refractivity contribution < 1.29 is 27.1 Å². The minimum Gasteiger partial charge on any atom is -0.494 e. The number of thiocarbonyl (C=S) groups is 1. The number of rotatable bonds is 3. The Morgan fingerprint density at radius 3 is 2.45 bits per heavy atom. The van der Waals surface area contributed by atoms with Crippen LogP contribution < -0.4 is 14.5 Å². The van der Waals surface area contributed by atoms with Gasteiger partial charge in [-0.15, -0.1) is 0 Å². The zero-order valence-corrected chi connectivity index (χ0v) is 17.7. The van der Waals surface area contributed by atoms with Crippen LogP contribution >= 0.6 is 12.2 Å². The number of amides is 1. The largest absolute Gasteiger partial charge is 0.494 e. The van der Waals surface area contributed by atoms with Gasteiger partial charge in [-0.25, -0.2) is 4.39 Å². The number of halogens is 4. The number of nitriles is 1. The first-order valence-electron chi connectivity index (χ1n) is 8.85. The lowest BCUT2D eigenvalue weighted by Crippen LogP contribution is -2.44. The van der Waals surface area contributed by atoms with Crippen molar-refractivity contribution in [2.75, 3.05) is 16.9 Å². The Morgan fingerprint density at radius 2 is 1.90 bits per heavy atom. The molecule has 1 amide bonds. The standard InChI is InChI=1S/C20H16F4N4O2S/c1-10-7-14(30-4)13(9-26-10)28-18(31)27(17(29)19(28,2)3)12-6-5-11(8-25)15(16(12)21)20(22,23)24/h5-7,9H,1-4H3. The number of ether oxygens (including phenoxy) is 1. The number of aryl methyl sites for hydroxylation is 1. The molecule has 1 fully saturated rings. The predicted octanol–water partition coefficient (Wildman–Crippen LogP) is 4.34. The highest BCUT2D eigenvalue weighted by Crippen LogP contribution is 2.43. The Morgan fingerprint density at radius 1 is 1.26 bits per heavy atom. The third-order valence-electron chi connectivity index (χ3n) is 4.88. The molecule has 1 aromatic carbocycles. The van der Waals surface area contributed by atoms with E-state index in [4.69, 9.17) is 22.2 Å². The molecular weight excluding hydrogens is 436 g/mol. The number of benzene rings is 1. The first kappa shape index (κ1) is 22.4. The van der Waals surface area contributed by atoms with Crippen LogP contribution in [0.2, 0.25) is 0 Å². The second-order valence-electron chi connectivity index (χ2n) is 7.25. The average molecular weight is 452 g/mol. The van der Waals surface area contributed by atoms with Crippen LogP contribution in [-0.4, -0.2) is 28.7 Å². The van der Waals surface area contributed by atoms with Crippen molar-refractivity contribution >= 4 is 34.6 Å². The summed E-state index contributed by atoms with van der Waals surface area (Å²) in [5.74, 6) is -2.18. The summed E-state index contributed by atoms with van der Waals surface area (Å²) < 4.78 is 60.6. The third kappa shape index (κ3) is 3.46. The zero-order valence-electron chi connectivity index (χ0n) is 16.8. The molecule has 1 saturated heterocycles. The summed E-state index contributed by atoms with van der Waals surface area (Å²) in [7, 11) is 1.40. The highest BCUT2D eigenvalue weighted by atomic mass is 32.1. The smallest absolute Gasteiger partial charge is 0.420 e. The lowest BCUT2D eigenvalue weighted by atomic mass is 10.0. The minimum absolute atomic E-state index is 0.254. The molecule has 0 bridgehead atoms. The van der Waals surface area contributed by atoms with Gasteiger partial charge in [-0.3, -0.25) is 19.6 Å². The van der Waals surface area contributed by atoms with Crippen molar-refractivity contribution in [1.82, 2.24) is 4.98 Å². The quantitative estimate of drug-likeness (QED) is 0.510. The number of anilines is 2. The van der Waals surface area contributed by atoms with Gasteiger partial charge < -0.3 is 4.74 Å². The van der Waals surface area contributed by atoms with Crippen LogP contribution in [0.5, 0.6) is 5.75 Å². The number of nitrogens with zero attached hydrogens (tertiary/aromatic N) is 4. The second-order valence-corrected chi connectivity index (χ2v) is 7.61. The first-order valence-corrected chi connectivity index (χ1v) is 9.26. The maximum absolute atomic E-state index is 15.0. The Hall–Kier alpha value is -3.26. The van der Waals surface area contributed by atoms with Gasteiger partial charge in [0.25, 0.3) is 5.91 Å². The third-order valence-corrected chi connectivity index (χ3v) is 5.24. The molecule has 2 heterocycles. The van der Waals surface area contributed by atoms with E-state index in [0.717, 1.165) is 12.1 Å². The van der Waals surface area contributed by atoms with Gasteiger partial charge in [-0.2, -0.15) is 18.4 Å². The maximum atomic E-state index is 15.0. The van der Waals surface area contributed by atoms with E-state index in [-0.39, 0.29) is 5.11 Å². The summed E-state index contributed by atoms with van der Waals surface area (Å²) in [6.45, 7) is 4.71. The monoisotopic (exact) mass is 452 g/mol. The van der Waals surface area contributed by atoms with Crippen LogP contribution in [0.3, 0.4) is 0 Å². The van der Waals surface area contributed by atoms with Crippen LogP contribution in [0, 0.1) is 24.1 Å². The van der Waals surface area contributed by atoms with E-state index < -0.39 is 40.3 Å². The Kier molecular flexibility index (Phi) is 5.40. The van der Waals surface area contributed by atoms with E-state index in [1.165, 1.54) is 38.1 Å². The Labute approximate surface area is 180 Å². The molecule has 1 aliphatic heterocycles. The van der Waals surface area contributed by atoms with E-state index in [0.29, 0.717) is 22.0 Å². The summed E-state index contributed by atoms with van der Waals surface area (Å²) in [6, 6.07) is 4.66. The molecule has 1 aliphatic rings. The topological polar surface area (TPSA) is 69.5 Å². The highest BCUT2D eigenvalue weighted by Gasteiger charge is 2.52. The number of carbonyl (C=O) groups excluding carboxylic acids is 1. The van der Waals surface area contributed by atoms with Crippen molar-refractivity contribution in [1.29, 1.82) is 5.26 Å². The number of pyridine rings is 1. The summed E-state index contributed by atoms with van der Waals surface area (Å²) >= 11 is 5.38. The van der Waals surface area contributed by atoms with Gasteiger partial charge >= 0.3 is 6.18 Å². The fourth-order valence-corrected chi connectivity index (χ4v) is 3.89. The molecule has 1 aromatic heterocycles.